The van der Waals surface area contributed by atoms with Gasteiger partial charge in [-0.25, -0.2) is 4.98 Å². The molecule has 4 heteroatoms. The maximum atomic E-state index is 10.2. The van der Waals surface area contributed by atoms with Crippen LogP contribution in [0.25, 0.3) is 11.0 Å². The molecular formula is C18H20N2O2. The van der Waals surface area contributed by atoms with Crippen LogP contribution in [0.1, 0.15) is 12.5 Å². The molecule has 0 bridgehead atoms. The molecule has 4 nitrogen and oxygen atoms in total. The lowest BCUT2D eigenvalue weighted by molar-refractivity contribution is 0.0934. The number of fused-ring (bicyclic) bond motifs is 1. The smallest absolute Gasteiger partial charge is 0.119 e. The van der Waals surface area contributed by atoms with Gasteiger partial charge in [-0.2, -0.15) is 0 Å². The van der Waals surface area contributed by atoms with E-state index < -0.39 is 6.10 Å². The molecule has 1 aromatic heterocycles. The van der Waals surface area contributed by atoms with Crippen molar-refractivity contribution in [2.24, 2.45) is 0 Å². The number of aliphatic hydroxyl groups is 1. The van der Waals surface area contributed by atoms with Gasteiger partial charge < -0.3 is 14.4 Å². The molecule has 0 radical (unpaired) electrons. The minimum absolute atomic E-state index is 0.264. The molecule has 0 saturated carbocycles. The number of hydrogen-bond donors (Lipinski definition) is 1. The fraction of sp³-hybridized carbons (Fsp3) is 0.278. The highest BCUT2D eigenvalue weighted by atomic mass is 16.5. The lowest BCUT2D eigenvalue weighted by atomic mass is 10.2. The van der Waals surface area contributed by atoms with Crippen LogP contribution in [0.15, 0.2) is 54.9 Å². The minimum atomic E-state index is -0.581. The SMILES string of the molecule is CCc1cccc(OCC(O)Cn2cnc3ccccc32)c1. The van der Waals surface area contributed by atoms with Crippen molar-refractivity contribution in [1.29, 1.82) is 0 Å². The van der Waals surface area contributed by atoms with Crippen molar-refractivity contribution in [2.45, 2.75) is 26.0 Å². The summed E-state index contributed by atoms with van der Waals surface area (Å²) in [6.07, 6.45) is 2.15. The summed E-state index contributed by atoms with van der Waals surface area (Å²) in [4.78, 5) is 4.32. The molecule has 114 valence electrons. The van der Waals surface area contributed by atoms with Gasteiger partial charge in [0, 0.05) is 0 Å². The number of para-hydroxylation sites is 2. The van der Waals surface area contributed by atoms with Gasteiger partial charge in [0.1, 0.15) is 18.5 Å². The number of aromatic nitrogens is 2. The summed E-state index contributed by atoms with van der Waals surface area (Å²) in [6, 6.07) is 15.9. The lowest BCUT2D eigenvalue weighted by Gasteiger charge is -2.14. The Morgan fingerprint density at radius 1 is 1.18 bits per heavy atom. The summed E-state index contributed by atoms with van der Waals surface area (Å²) in [5.74, 6) is 0.800. The first-order valence-electron chi connectivity index (χ1n) is 7.56. The number of nitrogens with zero attached hydrogens (tertiary/aromatic N) is 2. The molecule has 2 aromatic carbocycles. The second-order valence-corrected chi connectivity index (χ2v) is 5.35. The molecule has 0 amide bonds. The number of aliphatic hydroxyl groups excluding tert-OH is 1. The highest BCUT2D eigenvalue weighted by Crippen LogP contribution is 2.15. The van der Waals surface area contributed by atoms with Crippen LogP contribution in [0.2, 0.25) is 0 Å². The lowest BCUT2D eigenvalue weighted by Crippen LogP contribution is -2.23. The molecule has 0 saturated heterocycles. The van der Waals surface area contributed by atoms with Crippen LogP contribution in [0, 0.1) is 0 Å². The van der Waals surface area contributed by atoms with Crippen molar-refractivity contribution in [3.05, 3.63) is 60.4 Å². The van der Waals surface area contributed by atoms with Crippen molar-refractivity contribution >= 4 is 11.0 Å². The number of rotatable bonds is 6. The fourth-order valence-electron chi connectivity index (χ4n) is 2.48. The standard InChI is InChI=1S/C18H20N2O2/c1-2-14-6-5-7-16(10-14)22-12-15(21)11-20-13-19-17-8-3-4-9-18(17)20/h3-10,13,15,21H,2,11-12H2,1H3. The normalized spacial score (nSPS) is 12.5. The van der Waals surface area contributed by atoms with Crippen LogP contribution in [0.4, 0.5) is 0 Å². The van der Waals surface area contributed by atoms with E-state index in [1.807, 2.05) is 47.0 Å². The number of ether oxygens (including phenoxy) is 1. The molecule has 0 aliphatic heterocycles. The van der Waals surface area contributed by atoms with Crippen molar-refractivity contribution < 1.29 is 9.84 Å². The Balaban J connectivity index is 1.61. The van der Waals surface area contributed by atoms with Crippen molar-refractivity contribution in [2.75, 3.05) is 6.61 Å². The summed E-state index contributed by atoms with van der Waals surface area (Å²) in [6.45, 7) is 2.84. The largest absolute Gasteiger partial charge is 0.491 e. The van der Waals surface area contributed by atoms with Crippen LogP contribution < -0.4 is 4.74 Å². The fourth-order valence-corrected chi connectivity index (χ4v) is 2.48. The second kappa shape index (κ2) is 6.62. The average Bonchev–Trinajstić information content (AvgIpc) is 2.96. The van der Waals surface area contributed by atoms with Gasteiger partial charge in [-0.3, -0.25) is 0 Å². The van der Waals surface area contributed by atoms with E-state index in [9.17, 15) is 5.11 Å². The van der Waals surface area contributed by atoms with Gasteiger partial charge in [0.25, 0.3) is 0 Å². The Morgan fingerprint density at radius 3 is 2.91 bits per heavy atom. The van der Waals surface area contributed by atoms with Gasteiger partial charge >= 0.3 is 0 Å². The molecule has 0 spiro atoms. The Kier molecular flexibility index (Phi) is 4.39. The van der Waals surface area contributed by atoms with Crippen LogP contribution >= 0.6 is 0 Å². The molecule has 3 aromatic rings. The summed E-state index contributed by atoms with van der Waals surface area (Å²) in [5, 5.41) is 10.2. The molecular weight excluding hydrogens is 276 g/mol. The molecule has 3 rings (SSSR count). The summed E-state index contributed by atoms with van der Waals surface area (Å²) in [5.41, 5.74) is 3.19. The van der Waals surface area contributed by atoms with Crippen molar-refractivity contribution in [3.63, 3.8) is 0 Å². The quantitative estimate of drug-likeness (QED) is 0.760. The number of imidazole rings is 1. The van der Waals surface area contributed by atoms with Crippen LogP contribution in [0.5, 0.6) is 5.75 Å². The second-order valence-electron chi connectivity index (χ2n) is 5.35. The topological polar surface area (TPSA) is 47.3 Å². The minimum Gasteiger partial charge on any atom is -0.491 e. The van der Waals surface area contributed by atoms with Gasteiger partial charge in [0.15, 0.2) is 0 Å². The zero-order valence-corrected chi connectivity index (χ0v) is 12.6. The zero-order chi connectivity index (χ0) is 15.4. The molecule has 1 heterocycles. The third-order valence-electron chi connectivity index (χ3n) is 3.68. The first kappa shape index (κ1) is 14.6. The Morgan fingerprint density at radius 2 is 2.05 bits per heavy atom. The van der Waals surface area contributed by atoms with Gasteiger partial charge in [0.2, 0.25) is 0 Å². The maximum Gasteiger partial charge on any atom is 0.119 e. The van der Waals surface area contributed by atoms with Crippen LogP contribution in [-0.4, -0.2) is 27.4 Å². The molecule has 22 heavy (non-hydrogen) atoms. The molecule has 0 aliphatic rings. The number of benzene rings is 2. The number of hydrogen-bond acceptors (Lipinski definition) is 3. The average molecular weight is 296 g/mol. The van der Waals surface area contributed by atoms with Crippen LogP contribution in [0.3, 0.4) is 0 Å². The van der Waals surface area contributed by atoms with E-state index in [2.05, 4.69) is 18.0 Å². The maximum absolute atomic E-state index is 10.2. The third kappa shape index (κ3) is 3.28. The van der Waals surface area contributed by atoms with E-state index in [0.717, 1.165) is 23.2 Å². The van der Waals surface area contributed by atoms with Crippen LogP contribution in [-0.2, 0) is 13.0 Å². The first-order valence-corrected chi connectivity index (χ1v) is 7.56. The first-order chi connectivity index (χ1) is 10.8. The molecule has 1 atom stereocenters. The Bertz CT molecular complexity index is 751. The highest BCUT2D eigenvalue weighted by Gasteiger charge is 2.09. The van der Waals surface area contributed by atoms with E-state index in [1.54, 1.807) is 6.33 Å². The number of aryl methyl sites for hydroxylation is 1. The van der Waals surface area contributed by atoms with E-state index in [-0.39, 0.29) is 6.61 Å². The molecule has 0 fully saturated rings. The van der Waals surface area contributed by atoms with E-state index in [0.29, 0.717) is 6.54 Å². The Labute approximate surface area is 130 Å². The molecule has 1 N–H and O–H groups in total. The van der Waals surface area contributed by atoms with Gasteiger partial charge in [-0.15, -0.1) is 0 Å². The summed E-state index contributed by atoms with van der Waals surface area (Å²) in [7, 11) is 0. The highest BCUT2D eigenvalue weighted by molar-refractivity contribution is 5.74. The summed E-state index contributed by atoms with van der Waals surface area (Å²) >= 11 is 0. The van der Waals surface area contributed by atoms with Gasteiger partial charge in [0.05, 0.1) is 23.9 Å². The van der Waals surface area contributed by atoms with Gasteiger partial charge in [-0.05, 0) is 36.2 Å². The predicted octanol–water partition coefficient (Wildman–Crippen LogP) is 3.04. The predicted molar refractivity (Wildman–Crippen MR) is 87.1 cm³/mol. The van der Waals surface area contributed by atoms with Crippen molar-refractivity contribution in [3.8, 4) is 5.75 Å². The Hall–Kier alpha value is -2.33. The van der Waals surface area contributed by atoms with E-state index in [1.165, 1.54) is 5.56 Å². The molecule has 0 aliphatic carbocycles. The van der Waals surface area contributed by atoms with E-state index in [4.69, 9.17) is 4.74 Å². The van der Waals surface area contributed by atoms with Crippen molar-refractivity contribution in [1.82, 2.24) is 9.55 Å². The molecule has 1 unspecified atom stereocenters. The monoisotopic (exact) mass is 296 g/mol. The van der Waals surface area contributed by atoms with Gasteiger partial charge in [-0.1, -0.05) is 31.2 Å². The zero-order valence-electron chi connectivity index (χ0n) is 12.6. The third-order valence-corrected chi connectivity index (χ3v) is 3.68. The summed E-state index contributed by atoms with van der Waals surface area (Å²) < 4.78 is 7.64. The van der Waals surface area contributed by atoms with E-state index >= 15 is 0 Å².